The van der Waals surface area contributed by atoms with Gasteiger partial charge in [0.05, 0.1) is 30.5 Å². The number of benzene rings is 2. The Balaban J connectivity index is 1.64. The molecule has 0 radical (unpaired) electrons. The van der Waals surface area contributed by atoms with Crippen molar-refractivity contribution in [2.75, 3.05) is 6.61 Å². The minimum Gasteiger partial charge on any atom is -0.508 e. The lowest BCUT2D eigenvalue weighted by Gasteiger charge is -2.25. The zero-order valence-corrected chi connectivity index (χ0v) is 17.8. The Bertz CT molecular complexity index is 1270. The summed E-state index contributed by atoms with van der Waals surface area (Å²) in [5.74, 6) is -0.985. The molecule has 2 aromatic carbocycles. The summed E-state index contributed by atoms with van der Waals surface area (Å²) in [4.78, 5) is 31.9. The molecule has 0 spiro atoms. The quantitative estimate of drug-likeness (QED) is 0.363. The molecule has 3 aromatic rings. The van der Waals surface area contributed by atoms with Crippen LogP contribution in [0.2, 0.25) is 0 Å². The number of aryl methyl sites for hydroxylation is 1. The van der Waals surface area contributed by atoms with Crippen molar-refractivity contribution in [1.29, 1.82) is 0 Å². The molecule has 1 atom stereocenters. The summed E-state index contributed by atoms with van der Waals surface area (Å²) >= 11 is 0. The number of aromatic hydroxyl groups is 1. The SMILES string of the molecule is O=C1C(=O)N(Cc2ccccn2)C(c2cccc(O)c2)/C1=C(/O)c1ccc2c(c1)CCCO2. The van der Waals surface area contributed by atoms with Gasteiger partial charge in [0.2, 0.25) is 0 Å². The highest BCUT2D eigenvalue weighted by molar-refractivity contribution is 6.46. The van der Waals surface area contributed by atoms with Crippen molar-refractivity contribution in [3.05, 3.63) is 94.8 Å². The van der Waals surface area contributed by atoms with E-state index in [1.807, 2.05) is 0 Å². The lowest BCUT2D eigenvalue weighted by atomic mass is 9.94. The molecule has 2 N–H and O–H groups in total. The van der Waals surface area contributed by atoms with Crippen molar-refractivity contribution in [1.82, 2.24) is 9.88 Å². The van der Waals surface area contributed by atoms with Crippen LogP contribution in [0.3, 0.4) is 0 Å². The van der Waals surface area contributed by atoms with E-state index in [0.717, 1.165) is 24.2 Å². The Labute approximate surface area is 190 Å². The molecule has 5 rings (SSSR count). The summed E-state index contributed by atoms with van der Waals surface area (Å²) in [7, 11) is 0. The average molecular weight is 442 g/mol. The minimum absolute atomic E-state index is 0.00172. The van der Waals surface area contributed by atoms with Crippen LogP contribution in [-0.2, 0) is 22.6 Å². The van der Waals surface area contributed by atoms with Crippen LogP contribution < -0.4 is 4.74 Å². The molecule has 1 fully saturated rings. The van der Waals surface area contributed by atoms with E-state index < -0.39 is 17.7 Å². The number of aliphatic hydroxyl groups excluding tert-OH is 1. The molecule has 7 heteroatoms. The fraction of sp³-hybridized carbons (Fsp3) is 0.192. The maximum atomic E-state index is 13.2. The largest absolute Gasteiger partial charge is 0.508 e. The predicted octanol–water partition coefficient (Wildman–Crippen LogP) is 3.73. The normalized spacial score (nSPS) is 19.3. The molecule has 0 saturated carbocycles. The number of ketones is 1. The topological polar surface area (TPSA) is 100.0 Å². The minimum atomic E-state index is -0.869. The number of hydrogen-bond donors (Lipinski definition) is 2. The summed E-state index contributed by atoms with van der Waals surface area (Å²) in [5, 5.41) is 21.3. The molecule has 166 valence electrons. The third-order valence-electron chi connectivity index (χ3n) is 5.97. The van der Waals surface area contributed by atoms with E-state index in [1.54, 1.807) is 54.7 Å². The van der Waals surface area contributed by atoms with Gasteiger partial charge in [0, 0.05) is 11.8 Å². The van der Waals surface area contributed by atoms with Crippen molar-refractivity contribution < 1.29 is 24.5 Å². The number of pyridine rings is 1. The molecular weight excluding hydrogens is 420 g/mol. The number of Topliss-reactive ketones (excluding diaryl/α,β-unsaturated/α-hetero) is 1. The maximum absolute atomic E-state index is 13.2. The van der Waals surface area contributed by atoms with E-state index >= 15 is 0 Å². The molecule has 1 saturated heterocycles. The summed E-state index contributed by atoms with van der Waals surface area (Å²) in [5.41, 5.74) is 2.50. The summed E-state index contributed by atoms with van der Waals surface area (Å²) in [6.07, 6.45) is 3.29. The lowest BCUT2D eigenvalue weighted by molar-refractivity contribution is -0.140. The number of phenolic OH excluding ortho intramolecular Hbond substituents is 1. The van der Waals surface area contributed by atoms with E-state index in [0.29, 0.717) is 23.4 Å². The van der Waals surface area contributed by atoms with Gasteiger partial charge in [0.25, 0.3) is 11.7 Å². The second-order valence-electron chi connectivity index (χ2n) is 8.12. The van der Waals surface area contributed by atoms with Gasteiger partial charge in [-0.25, -0.2) is 0 Å². The number of likely N-dealkylation sites (tertiary alicyclic amines) is 1. The van der Waals surface area contributed by atoms with Crippen LogP contribution in [0.5, 0.6) is 11.5 Å². The number of aliphatic hydroxyl groups is 1. The van der Waals surface area contributed by atoms with Gasteiger partial charge in [-0.3, -0.25) is 14.6 Å². The first-order valence-electron chi connectivity index (χ1n) is 10.8. The highest BCUT2D eigenvalue weighted by Crippen LogP contribution is 2.41. The lowest BCUT2D eigenvalue weighted by Crippen LogP contribution is -2.29. The molecule has 1 unspecified atom stereocenters. The number of nitrogens with zero attached hydrogens (tertiary/aromatic N) is 2. The van der Waals surface area contributed by atoms with Crippen LogP contribution in [0.15, 0.2) is 72.4 Å². The molecule has 33 heavy (non-hydrogen) atoms. The Hall–Kier alpha value is -4.13. The number of phenols is 1. The van der Waals surface area contributed by atoms with E-state index in [9.17, 15) is 19.8 Å². The third-order valence-corrected chi connectivity index (χ3v) is 5.97. The van der Waals surface area contributed by atoms with Crippen molar-refractivity contribution in [2.24, 2.45) is 0 Å². The van der Waals surface area contributed by atoms with Crippen LogP contribution >= 0.6 is 0 Å². The Morgan fingerprint density at radius 3 is 2.76 bits per heavy atom. The smallest absolute Gasteiger partial charge is 0.296 e. The number of rotatable bonds is 4. The zero-order chi connectivity index (χ0) is 22.9. The number of ether oxygens (including phenoxy) is 1. The van der Waals surface area contributed by atoms with Gasteiger partial charge in [-0.2, -0.15) is 0 Å². The summed E-state index contributed by atoms with van der Waals surface area (Å²) in [6.45, 7) is 0.731. The molecule has 0 bridgehead atoms. The van der Waals surface area contributed by atoms with Gasteiger partial charge >= 0.3 is 0 Å². The number of hydrogen-bond acceptors (Lipinski definition) is 6. The molecule has 2 aliphatic heterocycles. The maximum Gasteiger partial charge on any atom is 0.296 e. The van der Waals surface area contributed by atoms with E-state index in [-0.39, 0.29) is 23.6 Å². The van der Waals surface area contributed by atoms with E-state index in [4.69, 9.17) is 4.74 Å². The third kappa shape index (κ3) is 3.82. The molecular formula is C26H22N2O5. The number of fused-ring (bicyclic) bond motifs is 1. The number of carbonyl (C=O) groups excluding carboxylic acids is 2. The first kappa shape index (κ1) is 20.8. The van der Waals surface area contributed by atoms with Crippen molar-refractivity contribution in [3.63, 3.8) is 0 Å². The molecule has 0 aliphatic carbocycles. The van der Waals surface area contributed by atoms with Gasteiger partial charge in [0.1, 0.15) is 17.3 Å². The van der Waals surface area contributed by atoms with Crippen molar-refractivity contribution in [3.8, 4) is 11.5 Å². The monoisotopic (exact) mass is 442 g/mol. The van der Waals surface area contributed by atoms with Crippen LogP contribution in [0.25, 0.3) is 5.76 Å². The van der Waals surface area contributed by atoms with Crippen LogP contribution in [0.4, 0.5) is 0 Å². The molecule has 3 heterocycles. The number of carbonyl (C=O) groups is 2. The first-order chi connectivity index (χ1) is 16.0. The standard InChI is InChI=1S/C26H22N2O5/c29-20-8-3-5-17(14-20)23-22(24(30)18-9-10-21-16(13-18)6-4-12-33-21)25(31)26(32)28(23)15-19-7-1-2-11-27-19/h1-3,5,7-11,13-14,23,29-30H,4,6,12,15H2/b24-22-. The highest BCUT2D eigenvalue weighted by atomic mass is 16.5. The number of aromatic nitrogens is 1. The van der Waals surface area contributed by atoms with Crippen LogP contribution in [0.1, 0.15) is 34.8 Å². The van der Waals surface area contributed by atoms with E-state index in [1.165, 1.54) is 17.0 Å². The van der Waals surface area contributed by atoms with Gasteiger partial charge in [-0.05, 0) is 66.4 Å². The van der Waals surface area contributed by atoms with Crippen LogP contribution in [0, 0.1) is 0 Å². The zero-order valence-electron chi connectivity index (χ0n) is 17.8. The second kappa shape index (κ2) is 8.43. The van der Waals surface area contributed by atoms with E-state index in [2.05, 4.69) is 4.98 Å². The molecule has 7 nitrogen and oxygen atoms in total. The van der Waals surface area contributed by atoms with Gasteiger partial charge in [0.15, 0.2) is 0 Å². The van der Waals surface area contributed by atoms with Crippen LogP contribution in [-0.4, -0.2) is 38.4 Å². The molecule has 2 aliphatic rings. The van der Waals surface area contributed by atoms with Crippen molar-refractivity contribution in [2.45, 2.75) is 25.4 Å². The predicted molar refractivity (Wildman–Crippen MR) is 120 cm³/mol. The Morgan fingerprint density at radius 2 is 1.97 bits per heavy atom. The molecule has 1 amide bonds. The summed E-state index contributed by atoms with van der Waals surface area (Å²) in [6, 6.07) is 16.1. The fourth-order valence-electron chi connectivity index (χ4n) is 4.41. The van der Waals surface area contributed by atoms with Crippen molar-refractivity contribution >= 4 is 17.4 Å². The highest BCUT2D eigenvalue weighted by Gasteiger charge is 2.46. The Kier molecular flexibility index (Phi) is 5.30. The van der Waals surface area contributed by atoms with Gasteiger partial charge in [-0.15, -0.1) is 0 Å². The Morgan fingerprint density at radius 1 is 1.09 bits per heavy atom. The first-order valence-corrected chi connectivity index (χ1v) is 10.8. The fourth-order valence-corrected chi connectivity index (χ4v) is 4.41. The number of amides is 1. The van der Waals surface area contributed by atoms with Gasteiger partial charge < -0.3 is 19.8 Å². The summed E-state index contributed by atoms with van der Waals surface area (Å²) < 4.78 is 5.65. The van der Waals surface area contributed by atoms with Gasteiger partial charge in [-0.1, -0.05) is 18.2 Å². The average Bonchev–Trinajstić information content (AvgIpc) is 3.09. The molecule has 1 aromatic heterocycles. The second-order valence-corrected chi connectivity index (χ2v) is 8.12.